The highest BCUT2D eigenvalue weighted by Gasteiger charge is 2.03. The van der Waals surface area contributed by atoms with Gasteiger partial charge in [-0.15, -0.1) is 0 Å². The van der Waals surface area contributed by atoms with Gasteiger partial charge in [0.1, 0.15) is 5.75 Å². The number of aromatic nitrogens is 2. The Labute approximate surface area is 123 Å². The summed E-state index contributed by atoms with van der Waals surface area (Å²) < 4.78 is 5.16. The molecule has 2 aromatic carbocycles. The smallest absolute Gasteiger partial charge is 0.227 e. The molecule has 0 aliphatic carbocycles. The van der Waals surface area contributed by atoms with E-state index in [-0.39, 0.29) is 0 Å². The summed E-state index contributed by atoms with van der Waals surface area (Å²) in [6.45, 7) is 0. The van der Waals surface area contributed by atoms with Crippen molar-refractivity contribution in [3.05, 3.63) is 66.9 Å². The van der Waals surface area contributed by atoms with Crippen LogP contribution in [0.5, 0.6) is 5.75 Å². The average molecular weight is 277 g/mol. The molecule has 0 bridgehead atoms. The van der Waals surface area contributed by atoms with Crippen molar-refractivity contribution in [2.24, 2.45) is 0 Å². The zero-order valence-corrected chi connectivity index (χ0v) is 11.7. The van der Waals surface area contributed by atoms with Gasteiger partial charge in [0.15, 0.2) is 0 Å². The first-order valence-electron chi connectivity index (χ1n) is 6.65. The van der Waals surface area contributed by atoms with Gasteiger partial charge in [-0.1, -0.05) is 18.2 Å². The maximum absolute atomic E-state index is 5.16. The van der Waals surface area contributed by atoms with Crippen molar-refractivity contribution in [1.29, 1.82) is 0 Å². The third-order valence-electron chi connectivity index (χ3n) is 3.07. The van der Waals surface area contributed by atoms with E-state index < -0.39 is 0 Å². The molecule has 0 saturated heterocycles. The Kier molecular flexibility index (Phi) is 3.78. The summed E-state index contributed by atoms with van der Waals surface area (Å²) >= 11 is 0. The van der Waals surface area contributed by atoms with Crippen molar-refractivity contribution < 1.29 is 4.74 Å². The van der Waals surface area contributed by atoms with Gasteiger partial charge in [0, 0.05) is 17.4 Å². The molecule has 0 atom stereocenters. The Hall–Kier alpha value is -2.88. The lowest BCUT2D eigenvalue weighted by Gasteiger charge is -2.07. The largest absolute Gasteiger partial charge is 0.497 e. The van der Waals surface area contributed by atoms with Crippen LogP contribution in [0.1, 0.15) is 0 Å². The number of ether oxygens (including phenoxy) is 1. The molecule has 104 valence electrons. The number of methoxy groups -OCH3 is 1. The molecule has 1 heterocycles. The van der Waals surface area contributed by atoms with Gasteiger partial charge in [0.05, 0.1) is 12.8 Å². The second-order valence-electron chi connectivity index (χ2n) is 4.49. The maximum atomic E-state index is 5.16. The summed E-state index contributed by atoms with van der Waals surface area (Å²) in [4.78, 5) is 8.78. The molecule has 0 aliphatic heterocycles. The number of hydrogen-bond donors (Lipinski definition) is 1. The summed E-state index contributed by atoms with van der Waals surface area (Å²) in [6.07, 6.45) is 1.75. The zero-order chi connectivity index (χ0) is 14.5. The van der Waals surface area contributed by atoms with Gasteiger partial charge in [-0.2, -0.15) is 0 Å². The van der Waals surface area contributed by atoms with E-state index in [4.69, 9.17) is 4.74 Å². The van der Waals surface area contributed by atoms with Crippen LogP contribution in [0.25, 0.3) is 11.3 Å². The van der Waals surface area contributed by atoms with Crippen LogP contribution < -0.4 is 10.1 Å². The molecule has 4 heteroatoms. The third kappa shape index (κ3) is 3.17. The number of rotatable bonds is 4. The normalized spacial score (nSPS) is 10.1. The number of para-hydroxylation sites is 1. The van der Waals surface area contributed by atoms with Crippen LogP contribution in [-0.4, -0.2) is 17.1 Å². The highest BCUT2D eigenvalue weighted by molar-refractivity contribution is 5.62. The first-order valence-corrected chi connectivity index (χ1v) is 6.65. The molecule has 0 fully saturated rings. The minimum Gasteiger partial charge on any atom is -0.497 e. The van der Waals surface area contributed by atoms with Gasteiger partial charge < -0.3 is 10.1 Å². The number of hydrogen-bond acceptors (Lipinski definition) is 4. The minimum atomic E-state index is 0.578. The lowest BCUT2D eigenvalue weighted by atomic mass is 10.1. The topological polar surface area (TPSA) is 47.0 Å². The molecule has 0 amide bonds. The molecule has 1 aromatic heterocycles. The van der Waals surface area contributed by atoms with Crippen molar-refractivity contribution in [3.8, 4) is 17.0 Å². The molecule has 0 unspecified atom stereocenters. The Morgan fingerprint density at radius 2 is 1.67 bits per heavy atom. The van der Waals surface area contributed by atoms with E-state index in [0.29, 0.717) is 5.95 Å². The van der Waals surface area contributed by atoms with Crippen LogP contribution in [0.4, 0.5) is 11.6 Å². The highest BCUT2D eigenvalue weighted by atomic mass is 16.5. The van der Waals surface area contributed by atoms with Crippen molar-refractivity contribution in [3.63, 3.8) is 0 Å². The summed E-state index contributed by atoms with van der Waals surface area (Å²) in [5.74, 6) is 1.41. The summed E-state index contributed by atoms with van der Waals surface area (Å²) in [7, 11) is 1.65. The van der Waals surface area contributed by atoms with Crippen LogP contribution >= 0.6 is 0 Å². The second-order valence-corrected chi connectivity index (χ2v) is 4.49. The Bertz CT molecular complexity index is 712. The number of anilines is 2. The molecule has 1 N–H and O–H groups in total. The second kappa shape index (κ2) is 6.05. The summed E-state index contributed by atoms with van der Waals surface area (Å²) in [5.41, 5.74) is 2.85. The zero-order valence-electron chi connectivity index (χ0n) is 11.7. The predicted molar refractivity (Wildman–Crippen MR) is 83.7 cm³/mol. The van der Waals surface area contributed by atoms with E-state index >= 15 is 0 Å². The summed E-state index contributed by atoms with van der Waals surface area (Å²) in [6, 6.07) is 19.5. The first-order chi connectivity index (χ1) is 10.3. The fourth-order valence-electron chi connectivity index (χ4n) is 1.99. The molecule has 3 aromatic rings. The summed E-state index contributed by atoms with van der Waals surface area (Å²) in [5, 5.41) is 3.19. The first kappa shape index (κ1) is 13.1. The van der Waals surface area contributed by atoms with E-state index in [0.717, 1.165) is 22.7 Å². The van der Waals surface area contributed by atoms with Crippen LogP contribution in [0.2, 0.25) is 0 Å². The minimum absolute atomic E-state index is 0.578. The van der Waals surface area contributed by atoms with E-state index in [2.05, 4.69) is 15.3 Å². The van der Waals surface area contributed by atoms with Gasteiger partial charge in [0.2, 0.25) is 5.95 Å². The van der Waals surface area contributed by atoms with E-state index in [9.17, 15) is 0 Å². The number of nitrogens with one attached hydrogen (secondary N) is 1. The molecular weight excluding hydrogens is 262 g/mol. The van der Waals surface area contributed by atoms with Crippen molar-refractivity contribution in [2.75, 3.05) is 12.4 Å². The Balaban J connectivity index is 1.85. The van der Waals surface area contributed by atoms with Gasteiger partial charge in [0.25, 0.3) is 0 Å². The third-order valence-corrected chi connectivity index (χ3v) is 3.07. The predicted octanol–water partition coefficient (Wildman–Crippen LogP) is 3.90. The van der Waals surface area contributed by atoms with Crippen LogP contribution in [0.15, 0.2) is 66.9 Å². The Morgan fingerprint density at radius 1 is 0.905 bits per heavy atom. The SMILES string of the molecule is COc1ccc(-c2ccnc(Nc3ccccc3)n2)cc1. The lowest BCUT2D eigenvalue weighted by Crippen LogP contribution is -1.97. The van der Waals surface area contributed by atoms with E-state index in [1.807, 2.05) is 60.7 Å². The van der Waals surface area contributed by atoms with Crippen LogP contribution in [-0.2, 0) is 0 Å². The van der Waals surface area contributed by atoms with Gasteiger partial charge in [-0.3, -0.25) is 0 Å². The molecule has 4 nitrogen and oxygen atoms in total. The molecule has 3 rings (SSSR count). The molecule has 0 aliphatic rings. The Morgan fingerprint density at radius 3 is 2.38 bits per heavy atom. The number of nitrogens with zero attached hydrogens (tertiary/aromatic N) is 2. The monoisotopic (exact) mass is 277 g/mol. The van der Waals surface area contributed by atoms with Gasteiger partial charge >= 0.3 is 0 Å². The van der Waals surface area contributed by atoms with Crippen molar-refractivity contribution in [1.82, 2.24) is 9.97 Å². The van der Waals surface area contributed by atoms with E-state index in [1.165, 1.54) is 0 Å². The molecule has 21 heavy (non-hydrogen) atoms. The maximum Gasteiger partial charge on any atom is 0.227 e. The molecule has 0 spiro atoms. The molecular formula is C17H15N3O. The fourth-order valence-corrected chi connectivity index (χ4v) is 1.99. The van der Waals surface area contributed by atoms with Gasteiger partial charge in [-0.25, -0.2) is 9.97 Å². The molecule has 0 radical (unpaired) electrons. The fraction of sp³-hybridized carbons (Fsp3) is 0.0588. The van der Waals surface area contributed by atoms with Gasteiger partial charge in [-0.05, 0) is 42.5 Å². The number of benzene rings is 2. The van der Waals surface area contributed by atoms with Crippen LogP contribution in [0, 0.1) is 0 Å². The van der Waals surface area contributed by atoms with Crippen LogP contribution in [0.3, 0.4) is 0 Å². The quantitative estimate of drug-likeness (QED) is 0.785. The standard InChI is InChI=1S/C17H15N3O/c1-21-15-9-7-13(8-10-15)16-11-12-18-17(20-16)19-14-5-3-2-4-6-14/h2-12H,1H3,(H,18,19,20). The van der Waals surface area contributed by atoms with Crippen molar-refractivity contribution in [2.45, 2.75) is 0 Å². The lowest BCUT2D eigenvalue weighted by molar-refractivity contribution is 0.415. The molecule has 0 saturated carbocycles. The van der Waals surface area contributed by atoms with Crippen molar-refractivity contribution >= 4 is 11.6 Å². The van der Waals surface area contributed by atoms with E-state index in [1.54, 1.807) is 13.3 Å². The highest BCUT2D eigenvalue weighted by Crippen LogP contribution is 2.21. The average Bonchev–Trinajstić information content (AvgIpc) is 2.56.